The van der Waals surface area contributed by atoms with E-state index < -0.39 is 36.7 Å². The Morgan fingerprint density at radius 3 is 2.77 bits per heavy atom. The second-order valence-corrected chi connectivity index (χ2v) is 10.00. The lowest BCUT2D eigenvalue weighted by atomic mass is 9.92. The molecule has 2 aromatic heterocycles. The number of nitrogens with two attached hydrogens (primary N) is 1. The minimum absolute atomic E-state index is 0.293. The van der Waals surface area contributed by atoms with Crippen molar-refractivity contribution in [3.8, 4) is 5.69 Å². The number of aliphatic hydroxyl groups is 1. The van der Waals surface area contributed by atoms with Crippen LogP contribution in [0.2, 0.25) is 0 Å². The first kappa shape index (κ1) is 22.7. The Balaban J connectivity index is 1.29. The molecule has 2 aliphatic heterocycles. The summed E-state index contributed by atoms with van der Waals surface area (Å²) in [5.74, 6) is 1.07. The maximum atomic E-state index is 11.2. The number of aryl methyl sites for hydroxylation is 2. The van der Waals surface area contributed by atoms with Gasteiger partial charge >= 0.3 is 0 Å². The Bertz CT molecular complexity index is 1340. The van der Waals surface area contributed by atoms with Gasteiger partial charge in [-0.2, -0.15) is 5.10 Å². The summed E-state index contributed by atoms with van der Waals surface area (Å²) in [6, 6.07) is 15.0. The third kappa shape index (κ3) is 4.06. The zero-order chi connectivity index (χ0) is 24.1. The SMILES string of the molecule is CCc1nc2ccc(-n3nc(C)nc3[C@@H]3OC4COC(c5ccccc5)O[C@@H]4C(N)C3O)cc2s1. The first-order chi connectivity index (χ1) is 17.0. The lowest BCUT2D eigenvalue weighted by molar-refractivity contribution is -0.309. The fraction of sp³-hybridized carbons (Fsp3) is 0.400. The van der Waals surface area contributed by atoms with Crippen LogP contribution in [-0.4, -0.2) is 55.8 Å². The molecule has 0 spiro atoms. The zero-order valence-corrected chi connectivity index (χ0v) is 20.3. The largest absolute Gasteiger partial charge is 0.388 e. The molecule has 6 atom stereocenters. The van der Waals surface area contributed by atoms with Gasteiger partial charge < -0.3 is 25.1 Å². The van der Waals surface area contributed by atoms with E-state index in [1.807, 2.05) is 55.5 Å². The number of rotatable bonds is 4. The summed E-state index contributed by atoms with van der Waals surface area (Å²) in [6.45, 7) is 4.20. The van der Waals surface area contributed by atoms with Crippen LogP contribution < -0.4 is 5.73 Å². The smallest absolute Gasteiger partial charge is 0.184 e. The number of aliphatic hydroxyl groups excluding tert-OH is 1. The van der Waals surface area contributed by atoms with Crippen molar-refractivity contribution < 1.29 is 19.3 Å². The number of thiazole rings is 1. The lowest BCUT2D eigenvalue weighted by Crippen LogP contribution is -2.62. The molecule has 0 saturated carbocycles. The van der Waals surface area contributed by atoms with Crippen LogP contribution >= 0.6 is 11.3 Å². The normalized spacial score (nSPS) is 28.8. The van der Waals surface area contributed by atoms with Crippen molar-refractivity contribution in [1.82, 2.24) is 19.7 Å². The van der Waals surface area contributed by atoms with Crippen LogP contribution in [0, 0.1) is 6.92 Å². The Labute approximate surface area is 206 Å². The highest BCUT2D eigenvalue weighted by Crippen LogP contribution is 2.38. The molecule has 10 heteroatoms. The van der Waals surface area contributed by atoms with E-state index in [1.165, 1.54) is 0 Å². The fourth-order valence-electron chi connectivity index (χ4n) is 4.72. The topological polar surface area (TPSA) is 118 Å². The third-order valence-corrected chi connectivity index (χ3v) is 7.65. The summed E-state index contributed by atoms with van der Waals surface area (Å²) in [5.41, 5.74) is 9.19. The van der Waals surface area contributed by atoms with Crippen molar-refractivity contribution in [2.24, 2.45) is 5.73 Å². The highest BCUT2D eigenvalue weighted by Gasteiger charge is 2.49. The van der Waals surface area contributed by atoms with Gasteiger partial charge in [0.25, 0.3) is 0 Å². The molecule has 182 valence electrons. The van der Waals surface area contributed by atoms with Gasteiger partial charge in [-0.1, -0.05) is 37.3 Å². The molecular formula is C25H27N5O4S. The molecular weight excluding hydrogens is 466 g/mol. The summed E-state index contributed by atoms with van der Waals surface area (Å²) in [7, 11) is 0. The van der Waals surface area contributed by atoms with E-state index in [0.29, 0.717) is 18.3 Å². The summed E-state index contributed by atoms with van der Waals surface area (Å²) in [4.78, 5) is 9.26. The van der Waals surface area contributed by atoms with Gasteiger partial charge in [0.2, 0.25) is 0 Å². The average Bonchev–Trinajstić information content (AvgIpc) is 3.49. The summed E-state index contributed by atoms with van der Waals surface area (Å²) in [5, 5.41) is 16.9. The molecule has 0 amide bonds. The minimum Gasteiger partial charge on any atom is -0.388 e. The van der Waals surface area contributed by atoms with Gasteiger partial charge in [-0.15, -0.1) is 11.3 Å². The van der Waals surface area contributed by atoms with Crippen molar-refractivity contribution in [3.63, 3.8) is 0 Å². The number of fused-ring (bicyclic) bond motifs is 2. The highest BCUT2D eigenvalue weighted by molar-refractivity contribution is 7.18. The quantitative estimate of drug-likeness (QED) is 0.446. The van der Waals surface area contributed by atoms with Crippen molar-refractivity contribution in [1.29, 1.82) is 0 Å². The second kappa shape index (κ2) is 9.05. The Morgan fingerprint density at radius 2 is 1.97 bits per heavy atom. The highest BCUT2D eigenvalue weighted by atomic mass is 32.1. The van der Waals surface area contributed by atoms with Crippen LogP contribution in [-0.2, 0) is 20.6 Å². The molecule has 2 aliphatic rings. The molecule has 4 unspecified atom stereocenters. The fourth-order valence-corrected chi connectivity index (χ4v) is 5.66. The van der Waals surface area contributed by atoms with Crippen LogP contribution in [0.5, 0.6) is 0 Å². The monoisotopic (exact) mass is 493 g/mol. The average molecular weight is 494 g/mol. The van der Waals surface area contributed by atoms with Crippen LogP contribution in [0.3, 0.4) is 0 Å². The molecule has 2 saturated heterocycles. The molecule has 0 radical (unpaired) electrons. The van der Waals surface area contributed by atoms with E-state index >= 15 is 0 Å². The lowest BCUT2D eigenvalue weighted by Gasteiger charge is -2.46. The van der Waals surface area contributed by atoms with E-state index in [-0.39, 0.29) is 0 Å². The molecule has 4 heterocycles. The number of nitrogens with zero attached hydrogens (tertiary/aromatic N) is 4. The van der Waals surface area contributed by atoms with E-state index in [1.54, 1.807) is 16.0 Å². The molecule has 6 rings (SSSR count). The maximum Gasteiger partial charge on any atom is 0.184 e. The minimum atomic E-state index is -1.04. The third-order valence-electron chi connectivity index (χ3n) is 6.49. The van der Waals surface area contributed by atoms with Crippen molar-refractivity contribution in [3.05, 3.63) is 70.8 Å². The first-order valence-corrected chi connectivity index (χ1v) is 12.6. The van der Waals surface area contributed by atoms with Gasteiger partial charge in [0.05, 0.1) is 33.6 Å². The molecule has 4 aromatic rings. The predicted molar refractivity (Wildman–Crippen MR) is 130 cm³/mol. The maximum absolute atomic E-state index is 11.2. The van der Waals surface area contributed by atoms with Crippen LogP contribution in [0.4, 0.5) is 0 Å². The molecule has 3 N–H and O–H groups in total. The van der Waals surface area contributed by atoms with Gasteiger partial charge in [0, 0.05) is 5.56 Å². The number of hydrogen-bond donors (Lipinski definition) is 2. The number of hydrogen-bond acceptors (Lipinski definition) is 9. The van der Waals surface area contributed by atoms with E-state index in [2.05, 4.69) is 22.0 Å². The molecule has 0 bridgehead atoms. The number of aromatic nitrogens is 4. The van der Waals surface area contributed by atoms with Gasteiger partial charge in [0.15, 0.2) is 12.1 Å². The van der Waals surface area contributed by atoms with Crippen molar-refractivity contribution >= 4 is 21.6 Å². The zero-order valence-electron chi connectivity index (χ0n) is 19.4. The van der Waals surface area contributed by atoms with Crippen LogP contribution in [0.25, 0.3) is 15.9 Å². The van der Waals surface area contributed by atoms with Gasteiger partial charge in [-0.05, 0) is 31.5 Å². The molecule has 2 fully saturated rings. The van der Waals surface area contributed by atoms with Crippen molar-refractivity contribution in [2.45, 2.75) is 57.0 Å². The molecule has 9 nitrogen and oxygen atoms in total. The summed E-state index contributed by atoms with van der Waals surface area (Å²) >= 11 is 1.66. The first-order valence-electron chi connectivity index (χ1n) is 11.8. The molecule has 35 heavy (non-hydrogen) atoms. The predicted octanol–water partition coefficient (Wildman–Crippen LogP) is 2.99. The Kier molecular flexibility index (Phi) is 5.87. The number of benzene rings is 2. The van der Waals surface area contributed by atoms with E-state index in [9.17, 15) is 5.11 Å². The van der Waals surface area contributed by atoms with Crippen LogP contribution in [0.15, 0.2) is 48.5 Å². The second-order valence-electron chi connectivity index (χ2n) is 8.88. The summed E-state index contributed by atoms with van der Waals surface area (Å²) in [6.07, 6.45) is -2.44. The van der Waals surface area contributed by atoms with Crippen LogP contribution in [0.1, 0.15) is 41.5 Å². The Hall–Kier alpha value is -2.73. The number of ether oxygens (including phenoxy) is 3. The Morgan fingerprint density at radius 1 is 1.14 bits per heavy atom. The van der Waals surface area contributed by atoms with Gasteiger partial charge in [0.1, 0.15) is 30.2 Å². The van der Waals surface area contributed by atoms with E-state index in [0.717, 1.165) is 32.9 Å². The van der Waals surface area contributed by atoms with E-state index in [4.69, 9.17) is 19.9 Å². The van der Waals surface area contributed by atoms with Gasteiger partial charge in [-0.3, -0.25) is 0 Å². The standard InChI is InChI=1S/C25H27N5O4S/c1-3-19-28-16-10-9-15(11-18(16)35-19)30-24(27-13(2)29-30)23-21(31)20(26)22-17(33-23)12-32-25(34-22)14-7-5-4-6-8-14/h4-11,17,20-23,25,31H,3,12,26H2,1-2H3/t17?,20?,21?,22-,23+,25?/m0/s1. The summed E-state index contributed by atoms with van der Waals surface area (Å²) < 4.78 is 21.2. The molecule has 2 aromatic carbocycles. The van der Waals surface area contributed by atoms with Gasteiger partial charge in [-0.25, -0.2) is 14.6 Å². The molecule has 0 aliphatic carbocycles. The van der Waals surface area contributed by atoms with Crippen molar-refractivity contribution in [2.75, 3.05) is 6.61 Å².